The van der Waals surface area contributed by atoms with Gasteiger partial charge in [-0.2, -0.15) is 0 Å². The van der Waals surface area contributed by atoms with E-state index < -0.39 is 11.9 Å². The minimum atomic E-state index is -0.660. The van der Waals surface area contributed by atoms with Crippen molar-refractivity contribution in [2.24, 2.45) is 11.1 Å². The fourth-order valence-corrected chi connectivity index (χ4v) is 1.37. The second kappa shape index (κ2) is 5.35. The normalized spacial score (nSPS) is 13.0. The van der Waals surface area contributed by atoms with E-state index in [-0.39, 0.29) is 17.1 Å². The Labute approximate surface area is 106 Å². The van der Waals surface area contributed by atoms with E-state index in [0.717, 1.165) is 0 Å². The lowest BCUT2D eigenvalue weighted by atomic mass is 9.87. The van der Waals surface area contributed by atoms with Crippen molar-refractivity contribution in [1.29, 1.82) is 0 Å². The van der Waals surface area contributed by atoms with Gasteiger partial charge in [0.2, 0.25) is 5.91 Å². The number of halogens is 1. The minimum Gasteiger partial charge on any atom is -0.494 e. The maximum atomic E-state index is 13.0. The molecule has 0 aliphatic rings. The molecule has 1 amide bonds. The topological polar surface area (TPSA) is 64.3 Å². The van der Waals surface area contributed by atoms with Gasteiger partial charge >= 0.3 is 0 Å². The lowest BCUT2D eigenvalue weighted by Crippen LogP contribution is -2.45. The molecule has 0 spiro atoms. The third kappa shape index (κ3) is 3.43. The summed E-state index contributed by atoms with van der Waals surface area (Å²) < 4.78 is 18.0. The molecule has 0 unspecified atom stereocenters. The second-order valence-corrected chi connectivity index (χ2v) is 5.18. The molecule has 5 heteroatoms. The highest BCUT2D eigenvalue weighted by molar-refractivity contribution is 5.96. The molecule has 4 nitrogen and oxygen atoms in total. The standard InChI is InChI=1S/C13H19FN2O2/c1-13(2,3)11(15)12(17)16-9-6-5-8(14)7-10(9)18-4/h5-7,11H,15H2,1-4H3,(H,16,17)/t11-/m0/s1. The molecule has 1 rings (SSSR count). The number of rotatable bonds is 3. The lowest BCUT2D eigenvalue weighted by Gasteiger charge is -2.26. The summed E-state index contributed by atoms with van der Waals surface area (Å²) in [5.74, 6) is -0.484. The molecule has 1 aromatic carbocycles. The number of hydrogen-bond donors (Lipinski definition) is 2. The van der Waals surface area contributed by atoms with E-state index in [1.165, 1.54) is 25.3 Å². The van der Waals surface area contributed by atoms with Gasteiger partial charge in [0, 0.05) is 6.07 Å². The number of hydrogen-bond acceptors (Lipinski definition) is 3. The van der Waals surface area contributed by atoms with Gasteiger partial charge in [0.1, 0.15) is 11.6 Å². The Morgan fingerprint density at radius 1 is 1.44 bits per heavy atom. The van der Waals surface area contributed by atoms with E-state index >= 15 is 0 Å². The molecule has 0 radical (unpaired) electrons. The van der Waals surface area contributed by atoms with Crippen molar-refractivity contribution in [3.63, 3.8) is 0 Å². The van der Waals surface area contributed by atoms with E-state index in [2.05, 4.69) is 5.32 Å². The van der Waals surface area contributed by atoms with Crippen LogP contribution in [0.4, 0.5) is 10.1 Å². The third-order valence-corrected chi connectivity index (χ3v) is 2.64. The van der Waals surface area contributed by atoms with Crippen molar-refractivity contribution in [3.8, 4) is 5.75 Å². The van der Waals surface area contributed by atoms with Crippen LogP contribution in [0, 0.1) is 11.2 Å². The number of nitrogens with two attached hydrogens (primary N) is 1. The fraction of sp³-hybridized carbons (Fsp3) is 0.462. The number of amides is 1. The van der Waals surface area contributed by atoms with Crippen molar-refractivity contribution >= 4 is 11.6 Å². The van der Waals surface area contributed by atoms with Crippen LogP contribution in [0.1, 0.15) is 20.8 Å². The number of anilines is 1. The smallest absolute Gasteiger partial charge is 0.241 e. The molecule has 0 aliphatic carbocycles. The molecule has 3 N–H and O–H groups in total. The van der Waals surface area contributed by atoms with Crippen LogP contribution in [0.15, 0.2) is 18.2 Å². The van der Waals surface area contributed by atoms with Gasteiger partial charge in [-0.25, -0.2) is 4.39 Å². The third-order valence-electron chi connectivity index (χ3n) is 2.64. The fourth-order valence-electron chi connectivity index (χ4n) is 1.37. The van der Waals surface area contributed by atoms with Crippen LogP contribution >= 0.6 is 0 Å². The van der Waals surface area contributed by atoms with Gasteiger partial charge < -0.3 is 15.8 Å². The number of carbonyl (C=O) groups is 1. The Morgan fingerprint density at radius 2 is 2.06 bits per heavy atom. The van der Waals surface area contributed by atoms with E-state index in [9.17, 15) is 9.18 Å². The first-order valence-corrected chi connectivity index (χ1v) is 5.65. The van der Waals surface area contributed by atoms with Crippen LogP contribution in [0.2, 0.25) is 0 Å². The molecule has 0 bridgehead atoms. The molecular weight excluding hydrogens is 235 g/mol. The predicted octanol–water partition coefficient (Wildman–Crippen LogP) is 2.15. The van der Waals surface area contributed by atoms with Crippen LogP contribution in [-0.2, 0) is 4.79 Å². The molecule has 0 aliphatic heterocycles. The summed E-state index contributed by atoms with van der Waals surface area (Å²) >= 11 is 0. The lowest BCUT2D eigenvalue weighted by molar-refractivity contribution is -0.119. The second-order valence-electron chi connectivity index (χ2n) is 5.18. The molecule has 0 fully saturated rings. The summed E-state index contributed by atoms with van der Waals surface area (Å²) in [4.78, 5) is 11.9. The van der Waals surface area contributed by atoms with E-state index in [0.29, 0.717) is 5.69 Å². The molecule has 0 aromatic heterocycles. The number of ether oxygens (including phenoxy) is 1. The highest BCUT2D eigenvalue weighted by Crippen LogP contribution is 2.26. The molecule has 0 saturated heterocycles. The van der Waals surface area contributed by atoms with Gasteiger partial charge in [-0.15, -0.1) is 0 Å². The van der Waals surface area contributed by atoms with Crippen molar-refractivity contribution in [2.45, 2.75) is 26.8 Å². The van der Waals surface area contributed by atoms with Crippen LogP contribution in [0.3, 0.4) is 0 Å². The van der Waals surface area contributed by atoms with Gasteiger partial charge in [0.15, 0.2) is 0 Å². The maximum absolute atomic E-state index is 13.0. The molecule has 1 aromatic rings. The Kier molecular flexibility index (Phi) is 4.29. The predicted molar refractivity (Wildman–Crippen MR) is 69.0 cm³/mol. The summed E-state index contributed by atoms with van der Waals surface area (Å²) in [6.45, 7) is 5.62. The summed E-state index contributed by atoms with van der Waals surface area (Å²) in [7, 11) is 1.41. The van der Waals surface area contributed by atoms with E-state index in [1.807, 2.05) is 20.8 Å². The molecule has 100 valence electrons. The highest BCUT2D eigenvalue weighted by atomic mass is 19.1. The summed E-state index contributed by atoms with van der Waals surface area (Å²) in [6.07, 6.45) is 0. The average Bonchev–Trinajstić information content (AvgIpc) is 2.29. The molecular formula is C13H19FN2O2. The summed E-state index contributed by atoms with van der Waals surface area (Å²) in [6, 6.07) is 3.24. The van der Waals surface area contributed by atoms with Crippen LogP contribution in [0.25, 0.3) is 0 Å². The van der Waals surface area contributed by atoms with Crippen LogP contribution in [0.5, 0.6) is 5.75 Å². The average molecular weight is 254 g/mol. The first-order chi connectivity index (χ1) is 8.25. The Hall–Kier alpha value is -1.62. The van der Waals surface area contributed by atoms with Gasteiger partial charge in [0.25, 0.3) is 0 Å². The Balaban J connectivity index is 2.88. The van der Waals surface area contributed by atoms with Crippen molar-refractivity contribution in [1.82, 2.24) is 0 Å². The maximum Gasteiger partial charge on any atom is 0.241 e. The van der Waals surface area contributed by atoms with Crippen LogP contribution in [-0.4, -0.2) is 19.1 Å². The molecule has 0 saturated carbocycles. The molecule has 1 atom stereocenters. The SMILES string of the molecule is COc1cc(F)ccc1NC(=O)[C@H](N)C(C)(C)C. The van der Waals surface area contributed by atoms with E-state index in [4.69, 9.17) is 10.5 Å². The zero-order valence-corrected chi connectivity index (χ0v) is 11.1. The summed E-state index contributed by atoms with van der Waals surface area (Å²) in [5, 5.41) is 2.64. The summed E-state index contributed by atoms with van der Waals surface area (Å²) in [5.41, 5.74) is 5.89. The number of methoxy groups -OCH3 is 1. The molecule has 18 heavy (non-hydrogen) atoms. The van der Waals surface area contributed by atoms with Crippen molar-refractivity contribution < 1.29 is 13.9 Å². The number of carbonyl (C=O) groups excluding carboxylic acids is 1. The van der Waals surface area contributed by atoms with Gasteiger partial charge in [-0.1, -0.05) is 20.8 Å². The number of benzene rings is 1. The minimum absolute atomic E-state index is 0.268. The van der Waals surface area contributed by atoms with Gasteiger partial charge in [0.05, 0.1) is 18.8 Å². The number of nitrogens with one attached hydrogen (secondary N) is 1. The van der Waals surface area contributed by atoms with Crippen molar-refractivity contribution in [3.05, 3.63) is 24.0 Å². The van der Waals surface area contributed by atoms with Crippen molar-refractivity contribution in [2.75, 3.05) is 12.4 Å². The monoisotopic (exact) mass is 254 g/mol. The Morgan fingerprint density at radius 3 is 2.56 bits per heavy atom. The quantitative estimate of drug-likeness (QED) is 0.868. The van der Waals surface area contributed by atoms with Gasteiger partial charge in [-0.3, -0.25) is 4.79 Å². The first kappa shape index (κ1) is 14.4. The Bertz CT molecular complexity index is 441. The zero-order valence-electron chi connectivity index (χ0n) is 11.1. The highest BCUT2D eigenvalue weighted by Gasteiger charge is 2.27. The van der Waals surface area contributed by atoms with Crippen LogP contribution < -0.4 is 15.8 Å². The zero-order chi connectivity index (χ0) is 13.9. The van der Waals surface area contributed by atoms with Gasteiger partial charge in [-0.05, 0) is 17.5 Å². The largest absolute Gasteiger partial charge is 0.494 e. The molecule has 0 heterocycles. The first-order valence-electron chi connectivity index (χ1n) is 5.65. The van der Waals surface area contributed by atoms with E-state index in [1.54, 1.807) is 0 Å².